The molecule has 1 amide bonds. The van der Waals surface area contributed by atoms with Crippen molar-refractivity contribution >= 4 is 17.4 Å². The Morgan fingerprint density at radius 2 is 1.79 bits per heavy atom. The van der Waals surface area contributed by atoms with Crippen LogP contribution in [0.3, 0.4) is 0 Å². The predicted octanol–water partition coefficient (Wildman–Crippen LogP) is 5.30. The fourth-order valence-electron chi connectivity index (χ4n) is 6.53. The van der Waals surface area contributed by atoms with E-state index in [1.807, 2.05) is 0 Å². The van der Waals surface area contributed by atoms with E-state index in [1.165, 1.54) is 50.7 Å². The van der Waals surface area contributed by atoms with Gasteiger partial charge in [-0.3, -0.25) is 4.79 Å². The van der Waals surface area contributed by atoms with Gasteiger partial charge in [0.15, 0.2) is 0 Å². The molecule has 152 valence electrons. The molecule has 6 rings (SSSR count). The quantitative estimate of drug-likeness (QED) is 0.725. The number of anilines is 2. The molecule has 1 aromatic carbocycles. The summed E-state index contributed by atoms with van der Waals surface area (Å²) < 4.78 is 13.5. The Hall–Kier alpha value is -2.43. The molecule has 1 unspecified atom stereocenters. The number of amides is 1. The summed E-state index contributed by atoms with van der Waals surface area (Å²) in [4.78, 5) is 17.5. The maximum Gasteiger partial charge on any atom is 0.255 e. The van der Waals surface area contributed by atoms with E-state index < -0.39 is 0 Å². The molecule has 4 aliphatic rings. The fraction of sp³-hybridized carbons (Fsp3) is 0.500. The number of hydrogen-bond acceptors (Lipinski definition) is 3. The number of carbonyl (C=O) groups excluding carboxylic acids is 1. The average molecular weight is 394 g/mol. The van der Waals surface area contributed by atoms with Crippen molar-refractivity contribution in [2.45, 2.75) is 51.5 Å². The van der Waals surface area contributed by atoms with Crippen molar-refractivity contribution in [3.8, 4) is 0 Å². The van der Waals surface area contributed by atoms with Gasteiger partial charge in [0.1, 0.15) is 11.6 Å². The minimum atomic E-state index is -0.327. The zero-order chi connectivity index (χ0) is 20.0. The smallest absolute Gasteiger partial charge is 0.255 e. The van der Waals surface area contributed by atoms with Crippen LogP contribution >= 0.6 is 0 Å². The molecular formula is C24H28FN3O. The number of carbonyl (C=O) groups is 1. The van der Waals surface area contributed by atoms with Gasteiger partial charge in [-0.2, -0.15) is 0 Å². The standard InChI is InChI=1S/C24H28FN3O/c1-15(24-12-16-8-17(13-24)10-18(9-16)14-24)27-23(29)21-6-3-7-26-22(21)28-20-5-2-4-19(25)11-20/h2-7,11,15-18H,8-10,12-14H2,1H3,(H,26,28)(H,27,29). The monoisotopic (exact) mass is 393 g/mol. The molecule has 29 heavy (non-hydrogen) atoms. The van der Waals surface area contributed by atoms with Crippen molar-refractivity contribution in [2.75, 3.05) is 5.32 Å². The van der Waals surface area contributed by atoms with Crippen LogP contribution in [0.5, 0.6) is 0 Å². The lowest BCUT2D eigenvalue weighted by molar-refractivity contribution is -0.0688. The number of nitrogens with zero attached hydrogens (tertiary/aromatic N) is 1. The molecule has 4 nitrogen and oxygen atoms in total. The van der Waals surface area contributed by atoms with Crippen molar-refractivity contribution in [3.63, 3.8) is 0 Å². The second-order valence-electron chi connectivity index (χ2n) is 9.51. The summed E-state index contributed by atoms with van der Waals surface area (Å²) in [6.07, 6.45) is 9.57. The summed E-state index contributed by atoms with van der Waals surface area (Å²) in [5.74, 6) is 2.57. The fourth-order valence-corrected chi connectivity index (χ4v) is 6.53. The second-order valence-corrected chi connectivity index (χ2v) is 9.51. The SMILES string of the molecule is CC(NC(=O)c1cccnc1Nc1cccc(F)c1)C12CC3CC(CC(C3)C1)C2. The Morgan fingerprint density at radius 3 is 2.45 bits per heavy atom. The summed E-state index contributed by atoms with van der Waals surface area (Å²) in [5.41, 5.74) is 1.32. The first-order valence-corrected chi connectivity index (χ1v) is 10.8. The van der Waals surface area contributed by atoms with Crippen LogP contribution in [0.2, 0.25) is 0 Å². The molecule has 0 spiro atoms. The van der Waals surface area contributed by atoms with Crippen LogP contribution in [0.1, 0.15) is 55.8 Å². The topological polar surface area (TPSA) is 54.0 Å². The van der Waals surface area contributed by atoms with Crippen molar-refractivity contribution in [1.82, 2.24) is 10.3 Å². The molecule has 1 heterocycles. The van der Waals surface area contributed by atoms with E-state index in [9.17, 15) is 9.18 Å². The van der Waals surface area contributed by atoms with Crippen LogP contribution in [0.4, 0.5) is 15.9 Å². The summed E-state index contributed by atoms with van der Waals surface area (Å²) in [6.45, 7) is 2.18. The third kappa shape index (κ3) is 3.52. The first kappa shape index (κ1) is 18.6. The van der Waals surface area contributed by atoms with Crippen molar-refractivity contribution < 1.29 is 9.18 Å². The number of pyridine rings is 1. The third-order valence-corrected chi connectivity index (χ3v) is 7.49. The molecule has 2 N–H and O–H groups in total. The second kappa shape index (κ2) is 7.12. The van der Waals surface area contributed by atoms with E-state index in [4.69, 9.17) is 0 Å². The first-order valence-electron chi connectivity index (χ1n) is 10.8. The first-order chi connectivity index (χ1) is 14.0. The van der Waals surface area contributed by atoms with Gasteiger partial charge in [-0.1, -0.05) is 6.07 Å². The van der Waals surface area contributed by atoms with Gasteiger partial charge in [0.2, 0.25) is 0 Å². The van der Waals surface area contributed by atoms with Gasteiger partial charge in [-0.05, 0) is 98.9 Å². The van der Waals surface area contributed by atoms with Gasteiger partial charge in [-0.25, -0.2) is 9.37 Å². The lowest BCUT2D eigenvalue weighted by Gasteiger charge is -2.59. The van der Waals surface area contributed by atoms with Crippen molar-refractivity contribution in [1.29, 1.82) is 0 Å². The van der Waals surface area contributed by atoms with Gasteiger partial charge < -0.3 is 10.6 Å². The molecular weight excluding hydrogens is 365 g/mol. The van der Waals surface area contributed by atoms with Crippen LogP contribution in [0.15, 0.2) is 42.6 Å². The highest BCUT2D eigenvalue weighted by Gasteiger charge is 2.53. The molecule has 5 heteroatoms. The van der Waals surface area contributed by atoms with Crippen molar-refractivity contribution in [3.05, 3.63) is 54.0 Å². The van der Waals surface area contributed by atoms with Crippen LogP contribution in [0, 0.1) is 29.0 Å². The number of benzene rings is 1. The molecule has 4 bridgehead atoms. The van der Waals surface area contributed by atoms with E-state index in [2.05, 4.69) is 22.5 Å². The number of nitrogens with one attached hydrogen (secondary N) is 2. The molecule has 0 aliphatic heterocycles. The van der Waals surface area contributed by atoms with E-state index in [1.54, 1.807) is 30.5 Å². The maximum absolute atomic E-state index is 13.5. The maximum atomic E-state index is 13.5. The van der Waals surface area contributed by atoms with Gasteiger partial charge in [-0.15, -0.1) is 0 Å². The molecule has 4 aliphatic carbocycles. The largest absolute Gasteiger partial charge is 0.349 e. The number of halogens is 1. The third-order valence-electron chi connectivity index (χ3n) is 7.49. The van der Waals surface area contributed by atoms with E-state index in [0.717, 1.165) is 17.8 Å². The Bertz CT molecular complexity index is 893. The minimum Gasteiger partial charge on any atom is -0.349 e. The highest BCUT2D eigenvalue weighted by atomic mass is 19.1. The number of aromatic nitrogens is 1. The zero-order valence-electron chi connectivity index (χ0n) is 16.8. The van der Waals surface area contributed by atoms with Crippen LogP contribution in [0.25, 0.3) is 0 Å². The zero-order valence-corrected chi connectivity index (χ0v) is 16.8. The Balaban J connectivity index is 1.34. The summed E-state index contributed by atoms with van der Waals surface area (Å²) >= 11 is 0. The number of rotatable bonds is 5. The highest BCUT2D eigenvalue weighted by Crippen LogP contribution is 2.61. The average Bonchev–Trinajstić information content (AvgIpc) is 2.67. The van der Waals surface area contributed by atoms with Gasteiger partial charge in [0, 0.05) is 17.9 Å². The Kier molecular flexibility index (Phi) is 4.56. The van der Waals surface area contributed by atoms with Crippen LogP contribution < -0.4 is 10.6 Å². The number of hydrogen-bond donors (Lipinski definition) is 2. The molecule has 4 saturated carbocycles. The molecule has 1 atom stereocenters. The van der Waals surface area contributed by atoms with Gasteiger partial charge >= 0.3 is 0 Å². The van der Waals surface area contributed by atoms with Gasteiger partial charge in [0.05, 0.1) is 5.56 Å². The van der Waals surface area contributed by atoms with E-state index >= 15 is 0 Å². The lowest BCUT2D eigenvalue weighted by atomic mass is 9.48. The van der Waals surface area contributed by atoms with Crippen LogP contribution in [-0.2, 0) is 0 Å². The summed E-state index contributed by atoms with van der Waals surface area (Å²) in [6, 6.07) is 9.87. The normalized spacial score (nSPS) is 30.8. The molecule has 0 saturated heterocycles. The van der Waals surface area contributed by atoms with Crippen molar-refractivity contribution in [2.24, 2.45) is 23.2 Å². The Morgan fingerprint density at radius 1 is 1.10 bits per heavy atom. The lowest BCUT2D eigenvalue weighted by Crippen LogP contribution is -2.55. The van der Waals surface area contributed by atoms with Gasteiger partial charge in [0.25, 0.3) is 5.91 Å². The molecule has 4 fully saturated rings. The van der Waals surface area contributed by atoms with E-state index in [0.29, 0.717) is 17.1 Å². The molecule has 1 aromatic heterocycles. The highest BCUT2D eigenvalue weighted by molar-refractivity contribution is 5.99. The molecule has 2 aromatic rings. The summed E-state index contributed by atoms with van der Waals surface area (Å²) in [7, 11) is 0. The van der Waals surface area contributed by atoms with Crippen LogP contribution in [-0.4, -0.2) is 16.9 Å². The predicted molar refractivity (Wildman–Crippen MR) is 111 cm³/mol. The molecule has 0 radical (unpaired) electrons. The van der Waals surface area contributed by atoms with E-state index in [-0.39, 0.29) is 23.2 Å². The summed E-state index contributed by atoms with van der Waals surface area (Å²) in [5, 5.41) is 6.39. The minimum absolute atomic E-state index is 0.111. The Labute approximate surface area is 171 Å².